The van der Waals surface area contributed by atoms with Crippen LogP contribution in [0.25, 0.3) is 0 Å². The van der Waals surface area contributed by atoms with E-state index in [9.17, 15) is 4.79 Å². The van der Waals surface area contributed by atoms with Crippen LogP contribution in [0.1, 0.15) is 38.2 Å². The Morgan fingerprint density at radius 2 is 1.61 bits per heavy atom. The molecule has 1 aromatic heterocycles. The summed E-state index contributed by atoms with van der Waals surface area (Å²) in [5.41, 5.74) is 3.00. The summed E-state index contributed by atoms with van der Waals surface area (Å²) < 4.78 is 5.42. The van der Waals surface area contributed by atoms with E-state index in [4.69, 9.17) is 9.72 Å². The van der Waals surface area contributed by atoms with Gasteiger partial charge in [0.25, 0.3) is 0 Å². The third kappa shape index (κ3) is 5.81. The number of amides is 1. The van der Waals surface area contributed by atoms with Crippen LogP contribution in [0.4, 0.5) is 17.2 Å². The third-order valence-corrected chi connectivity index (χ3v) is 6.45. The van der Waals surface area contributed by atoms with Gasteiger partial charge in [-0.25, -0.2) is 9.97 Å². The number of carbonyl (C=O) groups is 1. The molecule has 2 aromatic rings. The maximum Gasteiger partial charge on any atom is 0.241 e. The Morgan fingerprint density at radius 1 is 0.939 bits per heavy atom. The maximum atomic E-state index is 12.9. The van der Waals surface area contributed by atoms with Crippen LogP contribution < -0.4 is 15.1 Å². The van der Waals surface area contributed by atoms with E-state index < -0.39 is 0 Å². The number of morpholine rings is 1. The van der Waals surface area contributed by atoms with Gasteiger partial charge >= 0.3 is 0 Å². The van der Waals surface area contributed by atoms with Crippen molar-refractivity contribution in [2.45, 2.75) is 39.7 Å². The number of hydrogen-bond acceptors (Lipinski definition) is 7. The van der Waals surface area contributed by atoms with Crippen molar-refractivity contribution in [2.24, 2.45) is 0 Å². The zero-order valence-electron chi connectivity index (χ0n) is 20.3. The minimum atomic E-state index is -0.190. The van der Waals surface area contributed by atoms with E-state index in [-0.39, 0.29) is 11.9 Å². The maximum absolute atomic E-state index is 12.9. The van der Waals surface area contributed by atoms with Gasteiger partial charge in [-0.3, -0.25) is 9.69 Å². The van der Waals surface area contributed by atoms with Crippen molar-refractivity contribution in [3.8, 4) is 0 Å². The molecule has 8 heteroatoms. The van der Waals surface area contributed by atoms with Gasteiger partial charge in [0.05, 0.1) is 19.3 Å². The molecule has 8 nitrogen and oxygen atoms in total. The van der Waals surface area contributed by atoms with Crippen molar-refractivity contribution in [3.63, 3.8) is 0 Å². The molecule has 178 valence electrons. The average molecular weight is 453 g/mol. The highest BCUT2D eigenvalue weighted by molar-refractivity contribution is 5.94. The molecule has 1 atom stereocenters. The first kappa shape index (κ1) is 23.4. The molecule has 0 spiro atoms. The van der Waals surface area contributed by atoms with Gasteiger partial charge in [0, 0.05) is 68.3 Å². The van der Waals surface area contributed by atoms with Crippen LogP contribution >= 0.6 is 0 Å². The topological polar surface area (TPSA) is 73.8 Å². The molecule has 0 unspecified atom stereocenters. The summed E-state index contributed by atoms with van der Waals surface area (Å²) in [5, 5.41) is 3.08. The molecule has 2 fully saturated rings. The summed E-state index contributed by atoms with van der Waals surface area (Å²) in [7, 11) is 0. The van der Waals surface area contributed by atoms with Crippen molar-refractivity contribution >= 4 is 23.1 Å². The SMILES string of the molecule is Cc1cc(N2CCN([C@@H](C)C(=O)Nc3ccc(N4CCOCC4)cc3)CC2)nc(C(C)C)n1. The lowest BCUT2D eigenvalue weighted by atomic mass is 10.2. The van der Waals surface area contributed by atoms with E-state index in [2.05, 4.69) is 57.0 Å². The molecule has 2 aliphatic rings. The summed E-state index contributed by atoms with van der Waals surface area (Å²) in [6.07, 6.45) is 0. The number of nitrogens with zero attached hydrogens (tertiary/aromatic N) is 5. The second kappa shape index (κ2) is 10.5. The minimum Gasteiger partial charge on any atom is -0.378 e. The minimum absolute atomic E-state index is 0.0301. The van der Waals surface area contributed by atoms with Gasteiger partial charge < -0.3 is 19.9 Å². The van der Waals surface area contributed by atoms with Crippen molar-refractivity contribution in [1.82, 2.24) is 14.9 Å². The van der Waals surface area contributed by atoms with Gasteiger partial charge in [-0.15, -0.1) is 0 Å². The Labute approximate surface area is 196 Å². The first-order valence-electron chi connectivity index (χ1n) is 12.0. The number of hydrogen-bond donors (Lipinski definition) is 1. The number of benzene rings is 1. The molecule has 1 amide bonds. The molecule has 3 heterocycles. The van der Waals surface area contributed by atoms with E-state index in [0.717, 1.165) is 75.5 Å². The van der Waals surface area contributed by atoms with Gasteiger partial charge in [-0.05, 0) is 38.1 Å². The lowest BCUT2D eigenvalue weighted by Gasteiger charge is -2.38. The van der Waals surface area contributed by atoms with Crippen molar-refractivity contribution in [3.05, 3.63) is 41.9 Å². The molecule has 0 saturated carbocycles. The largest absolute Gasteiger partial charge is 0.378 e. The van der Waals surface area contributed by atoms with Crippen molar-refractivity contribution < 1.29 is 9.53 Å². The number of carbonyl (C=O) groups excluding carboxylic acids is 1. The molecule has 33 heavy (non-hydrogen) atoms. The molecule has 0 aliphatic carbocycles. The zero-order valence-corrected chi connectivity index (χ0v) is 20.3. The Bertz CT molecular complexity index is 934. The Kier molecular flexibility index (Phi) is 7.45. The normalized spacial score (nSPS) is 18.5. The van der Waals surface area contributed by atoms with E-state index in [1.165, 1.54) is 5.69 Å². The van der Waals surface area contributed by atoms with Crippen LogP contribution in [-0.4, -0.2) is 79.3 Å². The summed E-state index contributed by atoms with van der Waals surface area (Å²) in [6, 6.07) is 9.97. The summed E-state index contributed by atoms with van der Waals surface area (Å²) in [6.45, 7) is 14.9. The monoisotopic (exact) mass is 452 g/mol. The van der Waals surface area contributed by atoms with Crippen LogP contribution in [-0.2, 0) is 9.53 Å². The molecule has 0 bridgehead atoms. The number of aromatic nitrogens is 2. The molecular weight excluding hydrogens is 416 g/mol. The lowest BCUT2D eigenvalue weighted by Crippen LogP contribution is -2.53. The van der Waals surface area contributed by atoms with Gasteiger partial charge in [-0.1, -0.05) is 13.8 Å². The van der Waals surface area contributed by atoms with E-state index in [0.29, 0.717) is 5.92 Å². The highest BCUT2D eigenvalue weighted by Gasteiger charge is 2.26. The molecular formula is C25H36N6O2. The standard InChI is InChI=1S/C25H36N6O2/c1-18(2)24-26-19(3)17-23(28-24)31-11-9-29(10-12-31)20(4)25(32)27-21-5-7-22(8-6-21)30-13-15-33-16-14-30/h5-8,17-18,20H,9-16H2,1-4H3,(H,27,32)/t20-/m0/s1. The summed E-state index contributed by atoms with van der Waals surface area (Å²) >= 11 is 0. The number of aryl methyl sites for hydroxylation is 1. The van der Waals surface area contributed by atoms with Crippen LogP contribution in [0.15, 0.2) is 30.3 Å². The fraction of sp³-hybridized carbons (Fsp3) is 0.560. The van der Waals surface area contributed by atoms with Crippen molar-refractivity contribution in [1.29, 1.82) is 0 Å². The average Bonchev–Trinajstić information content (AvgIpc) is 2.84. The summed E-state index contributed by atoms with van der Waals surface area (Å²) in [5.74, 6) is 2.21. The second-order valence-corrected chi connectivity index (χ2v) is 9.21. The molecule has 1 N–H and O–H groups in total. The van der Waals surface area contributed by atoms with E-state index in [1.807, 2.05) is 26.0 Å². The fourth-order valence-electron chi connectivity index (χ4n) is 4.32. The van der Waals surface area contributed by atoms with E-state index >= 15 is 0 Å². The Balaban J connectivity index is 1.30. The van der Waals surface area contributed by atoms with Crippen LogP contribution in [0, 0.1) is 6.92 Å². The van der Waals surface area contributed by atoms with Crippen LogP contribution in [0.3, 0.4) is 0 Å². The molecule has 2 aliphatic heterocycles. The number of nitrogens with one attached hydrogen (secondary N) is 1. The number of piperazine rings is 1. The Morgan fingerprint density at radius 3 is 2.24 bits per heavy atom. The highest BCUT2D eigenvalue weighted by atomic mass is 16.5. The first-order chi connectivity index (χ1) is 15.9. The highest BCUT2D eigenvalue weighted by Crippen LogP contribution is 2.21. The smallest absolute Gasteiger partial charge is 0.241 e. The fourth-order valence-corrected chi connectivity index (χ4v) is 4.32. The zero-order chi connectivity index (χ0) is 23.4. The quantitative estimate of drug-likeness (QED) is 0.722. The van der Waals surface area contributed by atoms with E-state index in [1.54, 1.807) is 0 Å². The van der Waals surface area contributed by atoms with Gasteiger partial charge in [0.2, 0.25) is 5.91 Å². The molecule has 0 radical (unpaired) electrons. The molecule has 2 saturated heterocycles. The number of anilines is 3. The van der Waals surface area contributed by atoms with Crippen molar-refractivity contribution in [2.75, 3.05) is 67.6 Å². The van der Waals surface area contributed by atoms with Crippen LogP contribution in [0.2, 0.25) is 0 Å². The van der Waals surface area contributed by atoms with Gasteiger partial charge in [-0.2, -0.15) is 0 Å². The third-order valence-electron chi connectivity index (χ3n) is 6.45. The van der Waals surface area contributed by atoms with Gasteiger partial charge in [0.1, 0.15) is 11.6 Å². The van der Waals surface area contributed by atoms with Crippen LogP contribution in [0.5, 0.6) is 0 Å². The van der Waals surface area contributed by atoms with Gasteiger partial charge in [0.15, 0.2) is 0 Å². The summed E-state index contributed by atoms with van der Waals surface area (Å²) in [4.78, 5) is 29.1. The second-order valence-electron chi connectivity index (χ2n) is 9.21. The lowest BCUT2D eigenvalue weighted by molar-refractivity contribution is -0.120. The number of ether oxygens (including phenoxy) is 1. The Hall–Kier alpha value is -2.71. The predicted octanol–water partition coefficient (Wildman–Crippen LogP) is 2.89. The predicted molar refractivity (Wildman–Crippen MR) is 132 cm³/mol. The molecule has 4 rings (SSSR count). The number of rotatable bonds is 6. The molecule has 1 aromatic carbocycles. The first-order valence-corrected chi connectivity index (χ1v) is 12.0.